The molecule has 8 heteroatoms. The molecule has 3 rings (SSSR count). The molecule has 0 fully saturated rings. The van der Waals surface area contributed by atoms with Crippen molar-refractivity contribution >= 4 is 44.9 Å². The van der Waals surface area contributed by atoms with Crippen molar-refractivity contribution in [2.75, 3.05) is 13.7 Å². The van der Waals surface area contributed by atoms with E-state index in [1.54, 1.807) is 42.5 Å². The fraction of sp³-hybridized carbons (Fsp3) is 0.160. The second-order valence-electron chi connectivity index (χ2n) is 7.04. The van der Waals surface area contributed by atoms with Crippen molar-refractivity contribution in [3.05, 3.63) is 98.4 Å². The molecule has 0 saturated heterocycles. The van der Waals surface area contributed by atoms with E-state index in [2.05, 4.69) is 0 Å². The Morgan fingerprint density at radius 1 is 0.970 bits per heavy atom. The molecule has 3 aromatic rings. The molecule has 0 aromatic heterocycles. The van der Waals surface area contributed by atoms with Crippen molar-refractivity contribution in [3.8, 4) is 11.5 Å². The number of hydrogen-bond acceptors (Lipinski definition) is 5. The molecule has 0 heterocycles. The molecule has 33 heavy (non-hydrogen) atoms. The number of halogens is 2. The molecule has 0 unspecified atom stereocenters. The number of sulfone groups is 1. The number of carbonyl (C=O) groups is 1. The summed E-state index contributed by atoms with van der Waals surface area (Å²) in [5.41, 5.74) is 1.07. The lowest BCUT2D eigenvalue weighted by atomic mass is 10.1. The highest BCUT2D eigenvalue weighted by molar-refractivity contribution is 7.95. The molecule has 0 saturated carbocycles. The number of Topliss-reactive ketones (excluding diaryl/α,β-unsaturated/α-hetero) is 1. The number of rotatable bonds is 9. The second kappa shape index (κ2) is 10.9. The minimum atomic E-state index is -4.07. The molecule has 0 aliphatic heterocycles. The van der Waals surface area contributed by atoms with Gasteiger partial charge in [-0.2, -0.15) is 0 Å². The average molecular weight is 505 g/mol. The normalized spacial score (nSPS) is 11.8. The molecule has 0 radical (unpaired) electrons. The highest BCUT2D eigenvalue weighted by Crippen LogP contribution is 2.31. The number of allylic oxidation sites excluding steroid dienone is 1. The van der Waals surface area contributed by atoms with Gasteiger partial charge in [0, 0.05) is 15.6 Å². The van der Waals surface area contributed by atoms with Gasteiger partial charge >= 0.3 is 0 Å². The van der Waals surface area contributed by atoms with Gasteiger partial charge in [-0.3, -0.25) is 4.79 Å². The topological polar surface area (TPSA) is 69.7 Å². The lowest BCUT2D eigenvalue weighted by Gasteiger charge is -2.12. The van der Waals surface area contributed by atoms with Gasteiger partial charge in [-0.15, -0.1) is 0 Å². The Morgan fingerprint density at radius 3 is 2.30 bits per heavy atom. The van der Waals surface area contributed by atoms with Gasteiger partial charge in [-0.1, -0.05) is 47.5 Å². The number of ketones is 1. The predicted molar refractivity (Wildman–Crippen MR) is 132 cm³/mol. The number of carbonyl (C=O) groups excluding carboxylic acids is 1. The van der Waals surface area contributed by atoms with Crippen molar-refractivity contribution in [1.82, 2.24) is 0 Å². The third-order valence-electron chi connectivity index (χ3n) is 4.75. The quantitative estimate of drug-likeness (QED) is 0.254. The molecular weight excluding hydrogens is 483 g/mol. The first kappa shape index (κ1) is 24.8. The Bertz CT molecular complexity index is 1280. The fourth-order valence-electron chi connectivity index (χ4n) is 3.14. The molecule has 3 aromatic carbocycles. The standard InChI is InChI=1S/C25H22Cl2O5S/c1-3-32-22-13-8-17(14-23(22)31-2)15-24(25(28)18-9-11-20(26)12-10-18)33(29,30)16-19-6-4-5-7-21(19)27/h4-15H,3,16H2,1-2H3/b24-15+. The summed E-state index contributed by atoms with van der Waals surface area (Å²) in [5.74, 6) is -0.132. The number of methoxy groups -OCH3 is 1. The average Bonchev–Trinajstić information content (AvgIpc) is 2.79. The molecule has 0 bridgehead atoms. The van der Waals surface area contributed by atoms with E-state index >= 15 is 0 Å². The summed E-state index contributed by atoms with van der Waals surface area (Å²) in [4.78, 5) is 13.0. The van der Waals surface area contributed by atoms with Crippen LogP contribution in [0.3, 0.4) is 0 Å². The van der Waals surface area contributed by atoms with E-state index in [-0.39, 0.29) is 10.5 Å². The summed E-state index contributed by atoms with van der Waals surface area (Å²) in [6.07, 6.45) is 1.33. The van der Waals surface area contributed by atoms with Crippen molar-refractivity contribution in [1.29, 1.82) is 0 Å². The van der Waals surface area contributed by atoms with Crippen LogP contribution in [0.15, 0.2) is 71.6 Å². The zero-order chi connectivity index (χ0) is 24.0. The first-order valence-corrected chi connectivity index (χ1v) is 12.4. The van der Waals surface area contributed by atoms with E-state index in [1.807, 2.05) is 6.92 Å². The van der Waals surface area contributed by atoms with Crippen LogP contribution in [-0.2, 0) is 15.6 Å². The summed E-state index contributed by atoms with van der Waals surface area (Å²) >= 11 is 12.1. The van der Waals surface area contributed by atoms with E-state index in [1.165, 1.54) is 37.5 Å². The predicted octanol–water partition coefficient (Wildman–Crippen LogP) is 6.24. The molecule has 0 aliphatic rings. The van der Waals surface area contributed by atoms with Crippen LogP contribution in [0.2, 0.25) is 10.0 Å². The van der Waals surface area contributed by atoms with E-state index in [0.29, 0.717) is 39.3 Å². The van der Waals surface area contributed by atoms with Gasteiger partial charge < -0.3 is 9.47 Å². The van der Waals surface area contributed by atoms with E-state index in [4.69, 9.17) is 32.7 Å². The molecule has 5 nitrogen and oxygen atoms in total. The Kier molecular flexibility index (Phi) is 8.19. The number of ether oxygens (including phenoxy) is 2. The van der Waals surface area contributed by atoms with Crippen LogP contribution in [0, 0.1) is 0 Å². The maximum absolute atomic E-state index is 13.4. The highest BCUT2D eigenvalue weighted by atomic mass is 35.5. The van der Waals surface area contributed by atoms with Crippen LogP contribution in [0.25, 0.3) is 6.08 Å². The smallest absolute Gasteiger partial charge is 0.204 e. The summed E-state index contributed by atoms with van der Waals surface area (Å²) in [6, 6.07) is 17.6. The van der Waals surface area contributed by atoms with Crippen molar-refractivity contribution in [2.24, 2.45) is 0 Å². The van der Waals surface area contributed by atoms with Crippen LogP contribution in [0.5, 0.6) is 11.5 Å². The minimum Gasteiger partial charge on any atom is -0.493 e. The monoisotopic (exact) mass is 504 g/mol. The third kappa shape index (κ3) is 6.16. The van der Waals surface area contributed by atoms with Crippen LogP contribution in [0.4, 0.5) is 0 Å². The summed E-state index contributed by atoms with van der Waals surface area (Å²) in [7, 11) is -2.59. The second-order valence-corrected chi connectivity index (χ2v) is 9.84. The summed E-state index contributed by atoms with van der Waals surface area (Å²) in [6.45, 7) is 2.29. The molecule has 0 atom stereocenters. The maximum Gasteiger partial charge on any atom is 0.204 e. The van der Waals surface area contributed by atoms with Gasteiger partial charge in [0.1, 0.15) is 4.91 Å². The highest BCUT2D eigenvalue weighted by Gasteiger charge is 2.27. The Morgan fingerprint density at radius 2 is 1.67 bits per heavy atom. The van der Waals surface area contributed by atoms with Crippen molar-refractivity contribution < 1.29 is 22.7 Å². The van der Waals surface area contributed by atoms with Gasteiger partial charge in [0.25, 0.3) is 0 Å². The molecule has 0 aliphatic carbocycles. The van der Waals surface area contributed by atoms with Crippen LogP contribution in [-0.4, -0.2) is 27.9 Å². The van der Waals surface area contributed by atoms with Gasteiger partial charge in [0.2, 0.25) is 5.78 Å². The first-order valence-electron chi connectivity index (χ1n) is 10.0. The third-order valence-corrected chi connectivity index (χ3v) is 7.04. The molecule has 0 spiro atoms. The number of benzene rings is 3. The van der Waals surface area contributed by atoms with Crippen LogP contribution >= 0.6 is 23.2 Å². The Balaban J connectivity index is 2.11. The maximum atomic E-state index is 13.4. The van der Waals surface area contributed by atoms with Gasteiger partial charge in [-0.25, -0.2) is 8.42 Å². The van der Waals surface area contributed by atoms with Crippen molar-refractivity contribution in [3.63, 3.8) is 0 Å². The molecule has 0 N–H and O–H groups in total. The summed E-state index contributed by atoms with van der Waals surface area (Å²) < 4.78 is 37.7. The van der Waals surface area contributed by atoms with E-state index < -0.39 is 21.4 Å². The molecule has 172 valence electrons. The van der Waals surface area contributed by atoms with Crippen LogP contribution in [0.1, 0.15) is 28.4 Å². The van der Waals surface area contributed by atoms with Crippen LogP contribution < -0.4 is 9.47 Å². The zero-order valence-electron chi connectivity index (χ0n) is 18.0. The van der Waals surface area contributed by atoms with Gasteiger partial charge in [0.15, 0.2) is 21.3 Å². The van der Waals surface area contributed by atoms with E-state index in [9.17, 15) is 13.2 Å². The molecule has 0 amide bonds. The zero-order valence-corrected chi connectivity index (χ0v) is 20.4. The van der Waals surface area contributed by atoms with Gasteiger partial charge in [-0.05, 0) is 66.6 Å². The molecular formula is C25H22Cl2O5S. The Labute approximate surface area is 203 Å². The Hall–Kier alpha value is -2.80. The van der Waals surface area contributed by atoms with Crippen molar-refractivity contribution in [2.45, 2.75) is 12.7 Å². The lowest BCUT2D eigenvalue weighted by molar-refractivity contribution is 0.104. The van der Waals surface area contributed by atoms with Gasteiger partial charge in [0.05, 0.1) is 19.5 Å². The van der Waals surface area contributed by atoms with E-state index in [0.717, 1.165) is 0 Å². The minimum absolute atomic E-state index is 0.200. The lowest BCUT2D eigenvalue weighted by Crippen LogP contribution is -2.16. The SMILES string of the molecule is CCOc1ccc(/C=C(\C(=O)c2ccc(Cl)cc2)S(=O)(=O)Cc2ccccc2Cl)cc1OC. The summed E-state index contributed by atoms with van der Waals surface area (Å²) in [5, 5.41) is 0.745. The first-order chi connectivity index (χ1) is 15.7. The fourth-order valence-corrected chi connectivity index (χ4v) is 5.08. The number of hydrogen-bond donors (Lipinski definition) is 0. The largest absolute Gasteiger partial charge is 0.493 e.